The van der Waals surface area contributed by atoms with Crippen LogP contribution in [-0.2, 0) is 5.41 Å². The Bertz CT molecular complexity index is 6890. The van der Waals surface area contributed by atoms with E-state index in [1.54, 1.807) is 0 Å². The van der Waals surface area contributed by atoms with E-state index >= 15 is 0 Å². The van der Waals surface area contributed by atoms with E-state index in [2.05, 4.69) is 391 Å². The van der Waals surface area contributed by atoms with E-state index in [1.807, 2.05) is 60.7 Å². The zero-order valence-electron chi connectivity index (χ0n) is 62.7. The third kappa shape index (κ3) is 13.7. The molecule has 0 spiro atoms. The minimum Gasteiger partial charge on any atom is -0.456 e. The van der Waals surface area contributed by atoms with Crippen molar-refractivity contribution in [1.29, 1.82) is 0 Å². The van der Waals surface area contributed by atoms with Crippen molar-refractivity contribution >= 4 is 167 Å². The molecule has 0 aliphatic rings. The molecule has 17 aromatic carbocycles. The van der Waals surface area contributed by atoms with Crippen LogP contribution in [0.25, 0.3) is 115 Å². The number of hydrogen-bond acceptors (Lipinski definition) is 8. The van der Waals surface area contributed by atoms with Crippen LogP contribution in [-0.4, -0.2) is 4.57 Å². The maximum absolute atomic E-state index is 6.72. The molecule has 0 radical (unpaired) electrons. The first-order valence-electron chi connectivity index (χ1n) is 38.3. The van der Waals surface area contributed by atoms with Gasteiger partial charge in [-0.2, -0.15) is 0 Å². The Morgan fingerprint density at radius 2 is 0.673 bits per heavy atom. The first kappa shape index (κ1) is 68.7. The summed E-state index contributed by atoms with van der Waals surface area (Å²) in [7, 11) is 0. The predicted molar refractivity (Wildman–Crippen MR) is 476 cm³/mol. The highest BCUT2D eigenvalue weighted by Crippen LogP contribution is 2.45. The molecule has 0 atom stereocenters. The van der Waals surface area contributed by atoms with Crippen molar-refractivity contribution in [3.63, 3.8) is 0 Å². The van der Waals surface area contributed by atoms with E-state index in [0.717, 1.165) is 151 Å². The minimum absolute atomic E-state index is 0.0912. The Hall–Kier alpha value is -14.8. The maximum atomic E-state index is 6.72. The lowest BCUT2D eigenvalue weighted by atomic mass is 9.87. The number of benzene rings is 17. The van der Waals surface area contributed by atoms with E-state index < -0.39 is 0 Å². The molecule has 0 unspecified atom stereocenters. The molecule has 4 aromatic heterocycles. The molecule has 0 amide bonds. The van der Waals surface area contributed by atoms with E-state index in [9.17, 15) is 0 Å². The van der Waals surface area contributed by atoms with Gasteiger partial charge in [0.2, 0.25) is 0 Å². The lowest BCUT2D eigenvalue weighted by Crippen LogP contribution is -2.13. The average molecular weight is 1460 g/mol. The molecule has 0 aliphatic heterocycles. The van der Waals surface area contributed by atoms with Gasteiger partial charge < -0.3 is 43.6 Å². The van der Waals surface area contributed by atoms with Crippen LogP contribution in [0.4, 0.5) is 68.2 Å². The van der Waals surface area contributed by atoms with Gasteiger partial charge in [0, 0.05) is 146 Å². The summed E-state index contributed by atoms with van der Waals surface area (Å²) in [6.45, 7) is 6.74. The number of aromatic nitrogens is 1. The topological polar surface area (TPSA) is 86.9 Å². The van der Waals surface area contributed by atoms with Crippen LogP contribution in [0, 0.1) is 0 Å². The van der Waals surface area contributed by atoms with Gasteiger partial charge in [-0.25, -0.2) is 0 Å². The van der Waals surface area contributed by atoms with Crippen LogP contribution in [0.3, 0.4) is 0 Å². The Labute approximate surface area is 655 Å². The number of para-hydroxylation sites is 7. The summed E-state index contributed by atoms with van der Waals surface area (Å²) >= 11 is 0. The van der Waals surface area contributed by atoms with Crippen molar-refractivity contribution < 1.29 is 13.3 Å². The van der Waals surface area contributed by atoms with Crippen molar-refractivity contribution in [3.05, 3.63) is 406 Å². The standard InChI is InChI=1S/C40H34N2O.C34H22N2O.C30H22N2O/c1-40(2,3)29-19-21-33(22-20-29)42(32-17-11-6-12-18-32)34-23-24-35-37-26-31(41-30-15-9-5-10-16-30)25-36(28-13-7-4-8-14-28)39(37)43-38(35)27-34;1-2-10-25-22(8-1)9-7-13-30(25)35-23-16-19-33-29(20-23)28-18-17-24(21-34(28)37-33)36-31-14-5-3-11-26(31)27-12-4-6-15-32(27)36;1-4-10-22(11-5-1)31-23-16-19-29-28(20-23)27-18-17-26(21-30(27)33-29)32(24-12-6-2-7-13-24)25-14-8-3-9-15-25/h4-27,41H,1-3H3;1-21,35H;1-21,31H. The van der Waals surface area contributed by atoms with E-state index in [0.29, 0.717) is 0 Å². The molecule has 9 nitrogen and oxygen atoms in total. The lowest BCUT2D eigenvalue weighted by molar-refractivity contribution is 0.590. The van der Waals surface area contributed by atoms with Gasteiger partial charge in [0.15, 0.2) is 0 Å². The molecule has 0 saturated heterocycles. The molecule has 21 aromatic rings. The molecule has 9 heteroatoms. The fraction of sp³-hybridized carbons (Fsp3) is 0.0385. The molecule has 3 N–H and O–H groups in total. The number of rotatable bonds is 14. The smallest absolute Gasteiger partial charge is 0.143 e. The first-order chi connectivity index (χ1) is 55.6. The highest BCUT2D eigenvalue weighted by Gasteiger charge is 2.22. The van der Waals surface area contributed by atoms with Gasteiger partial charge in [-0.05, 0) is 198 Å². The summed E-state index contributed by atoms with van der Waals surface area (Å²) in [5.74, 6) is 0. The predicted octanol–water partition coefficient (Wildman–Crippen LogP) is 30.1. The van der Waals surface area contributed by atoms with Crippen LogP contribution < -0.4 is 25.8 Å². The monoisotopic (exact) mass is 1460 g/mol. The van der Waals surface area contributed by atoms with E-state index in [1.165, 1.54) is 38.1 Å². The third-order valence-corrected chi connectivity index (χ3v) is 21.1. The molecule has 0 fully saturated rings. The molecular weight excluding hydrogens is 1380 g/mol. The van der Waals surface area contributed by atoms with Crippen molar-refractivity contribution in [1.82, 2.24) is 4.57 Å². The quantitative estimate of drug-likeness (QED) is 0.0993. The SMILES string of the molecule is CC(C)(C)c1ccc(N(c2ccccc2)c2ccc3c(c2)oc2c(-c4ccccc4)cc(Nc4ccccc4)cc23)cc1.c1ccc(Nc2ccc3oc4cc(N(c5ccccc5)c5ccccc5)ccc4c3c2)cc1.c1ccc2c(Nc3ccc4oc5cc(-n6c7ccccc7c7ccccc76)ccc5c4c3)cccc2c1. The third-order valence-electron chi connectivity index (χ3n) is 21.1. The van der Waals surface area contributed by atoms with Gasteiger partial charge in [0.1, 0.15) is 33.5 Å². The first-order valence-corrected chi connectivity index (χ1v) is 38.3. The number of fused-ring (bicyclic) bond motifs is 13. The highest BCUT2D eigenvalue weighted by atomic mass is 16.3. The van der Waals surface area contributed by atoms with Crippen LogP contribution in [0.5, 0.6) is 0 Å². The molecule has 0 saturated carbocycles. The molecule has 542 valence electrons. The van der Waals surface area contributed by atoms with Crippen LogP contribution in [0.1, 0.15) is 26.3 Å². The zero-order chi connectivity index (χ0) is 75.8. The summed E-state index contributed by atoms with van der Waals surface area (Å²) in [5.41, 5.74) is 25.2. The number of furan rings is 3. The second-order valence-corrected chi connectivity index (χ2v) is 29.5. The second kappa shape index (κ2) is 29.6. The zero-order valence-corrected chi connectivity index (χ0v) is 62.7. The molecule has 21 rings (SSSR count). The summed E-state index contributed by atoms with van der Waals surface area (Å²) < 4.78 is 21.7. The molecule has 4 heterocycles. The van der Waals surface area contributed by atoms with Crippen molar-refractivity contribution in [2.45, 2.75) is 26.2 Å². The maximum Gasteiger partial charge on any atom is 0.143 e. The van der Waals surface area contributed by atoms with E-state index in [4.69, 9.17) is 13.3 Å². The molecule has 0 aliphatic carbocycles. The number of nitrogens with one attached hydrogen (secondary N) is 3. The molecule has 113 heavy (non-hydrogen) atoms. The summed E-state index contributed by atoms with van der Waals surface area (Å²) in [6, 6.07) is 140. The van der Waals surface area contributed by atoms with Crippen LogP contribution in [0.15, 0.2) is 414 Å². The van der Waals surface area contributed by atoms with Gasteiger partial charge in [0.05, 0.1) is 11.0 Å². The Balaban J connectivity index is 0.000000115. The van der Waals surface area contributed by atoms with Crippen LogP contribution in [0.2, 0.25) is 0 Å². The van der Waals surface area contributed by atoms with E-state index in [-0.39, 0.29) is 5.41 Å². The Morgan fingerprint density at radius 1 is 0.257 bits per heavy atom. The Kier molecular flexibility index (Phi) is 18.0. The number of anilines is 12. The number of hydrogen-bond donors (Lipinski definition) is 3. The fourth-order valence-corrected chi connectivity index (χ4v) is 15.7. The lowest BCUT2D eigenvalue weighted by Gasteiger charge is -2.26. The largest absolute Gasteiger partial charge is 0.456 e. The fourth-order valence-electron chi connectivity index (χ4n) is 15.7. The van der Waals surface area contributed by atoms with Gasteiger partial charge in [-0.15, -0.1) is 0 Å². The summed E-state index contributed by atoms with van der Waals surface area (Å²) in [6.07, 6.45) is 0. The second-order valence-electron chi connectivity index (χ2n) is 29.5. The highest BCUT2D eigenvalue weighted by molar-refractivity contribution is 6.14. The van der Waals surface area contributed by atoms with Crippen molar-refractivity contribution in [3.8, 4) is 16.8 Å². The van der Waals surface area contributed by atoms with Crippen molar-refractivity contribution in [2.24, 2.45) is 0 Å². The normalized spacial score (nSPS) is 11.5. The van der Waals surface area contributed by atoms with Crippen molar-refractivity contribution in [2.75, 3.05) is 25.8 Å². The Morgan fingerprint density at radius 3 is 1.22 bits per heavy atom. The van der Waals surface area contributed by atoms with Gasteiger partial charge in [-0.1, -0.05) is 227 Å². The van der Waals surface area contributed by atoms with Gasteiger partial charge in [0.25, 0.3) is 0 Å². The molecule has 0 bridgehead atoms. The summed E-state index contributed by atoms with van der Waals surface area (Å²) in [4.78, 5) is 4.54. The minimum atomic E-state index is 0.0912. The average Bonchev–Trinajstić information content (AvgIpc) is 1.60. The van der Waals surface area contributed by atoms with Gasteiger partial charge in [-0.3, -0.25) is 0 Å². The van der Waals surface area contributed by atoms with Gasteiger partial charge >= 0.3 is 0 Å². The van der Waals surface area contributed by atoms with Crippen LogP contribution >= 0.6 is 0 Å². The number of nitrogens with zero attached hydrogens (tertiary/aromatic N) is 3. The summed E-state index contributed by atoms with van der Waals surface area (Å²) in [5, 5.41) is 22.2. The molecular formula is C104H78N6O3.